The quantitative estimate of drug-likeness (QED) is 0.663. The molecular formula is C24H30N6O2. The molecule has 0 bridgehead atoms. The summed E-state index contributed by atoms with van der Waals surface area (Å²) in [6, 6.07) is 4.00. The van der Waals surface area contributed by atoms with E-state index in [-0.39, 0.29) is 11.8 Å². The Morgan fingerprint density at radius 2 is 1.84 bits per heavy atom. The number of likely N-dealkylation sites (tertiary alicyclic amines) is 1. The first-order valence-corrected chi connectivity index (χ1v) is 11.6. The summed E-state index contributed by atoms with van der Waals surface area (Å²) in [5.41, 5.74) is 3.14. The van der Waals surface area contributed by atoms with Crippen molar-refractivity contribution in [3.05, 3.63) is 36.4 Å². The number of ether oxygens (including phenoxy) is 1. The van der Waals surface area contributed by atoms with Crippen molar-refractivity contribution in [1.82, 2.24) is 24.6 Å². The Labute approximate surface area is 188 Å². The molecule has 3 aromatic rings. The zero-order valence-corrected chi connectivity index (χ0v) is 18.6. The Hall–Kier alpha value is -2.84. The molecule has 0 unspecified atom stereocenters. The number of hydrogen-bond acceptors (Lipinski definition) is 6. The second kappa shape index (κ2) is 9.34. The summed E-state index contributed by atoms with van der Waals surface area (Å²) in [4.78, 5) is 24.2. The van der Waals surface area contributed by atoms with E-state index in [1.807, 2.05) is 30.2 Å². The van der Waals surface area contributed by atoms with Crippen LogP contribution in [0, 0.1) is 5.92 Å². The number of anilines is 1. The van der Waals surface area contributed by atoms with Gasteiger partial charge in [0.25, 0.3) is 0 Å². The van der Waals surface area contributed by atoms with Crippen molar-refractivity contribution < 1.29 is 9.53 Å². The smallest absolute Gasteiger partial charge is 0.228 e. The van der Waals surface area contributed by atoms with E-state index in [9.17, 15) is 4.79 Å². The topological polar surface area (TPSA) is 85.2 Å². The van der Waals surface area contributed by atoms with E-state index in [0.29, 0.717) is 19.0 Å². The lowest BCUT2D eigenvalue weighted by atomic mass is 9.99. The zero-order chi connectivity index (χ0) is 21.9. The van der Waals surface area contributed by atoms with Gasteiger partial charge in [0.15, 0.2) is 0 Å². The van der Waals surface area contributed by atoms with Crippen LogP contribution in [-0.4, -0.2) is 56.9 Å². The Balaban J connectivity index is 1.39. The molecule has 0 radical (unpaired) electrons. The number of nitrogens with one attached hydrogen (secondary N) is 1. The predicted octanol–water partition coefficient (Wildman–Crippen LogP) is 3.38. The van der Waals surface area contributed by atoms with Gasteiger partial charge in [-0.1, -0.05) is 6.42 Å². The molecule has 2 fully saturated rings. The SMILES string of the molecule is Cn1ncc(-c2cc3cc(NC(=O)C4CCOCC4)ncc3cn2)c1CN1CCCCC1. The molecule has 0 spiro atoms. The Kier molecular flexibility index (Phi) is 6.14. The normalized spacial score (nSPS) is 18.2. The molecule has 168 valence electrons. The van der Waals surface area contributed by atoms with Crippen molar-refractivity contribution in [1.29, 1.82) is 0 Å². The summed E-state index contributed by atoms with van der Waals surface area (Å²) in [6.07, 6.45) is 10.9. The van der Waals surface area contributed by atoms with Crippen molar-refractivity contribution in [3.8, 4) is 11.3 Å². The zero-order valence-electron chi connectivity index (χ0n) is 18.6. The van der Waals surface area contributed by atoms with Gasteiger partial charge in [-0.05, 0) is 56.3 Å². The van der Waals surface area contributed by atoms with Crippen LogP contribution in [0.15, 0.2) is 30.7 Å². The monoisotopic (exact) mass is 434 g/mol. The van der Waals surface area contributed by atoms with Gasteiger partial charge in [0, 0.05) is 56.1 Å². The molecule has 3 aromatic heterocycles. The maximum atomic E-state index is 12.6. The van der Waals surface area contributed by atoms with Crippen LogP contribution in [0.3, 0.4) is 0 Å². The first-order valence-electron chi connectivity index (χ1n) is 11.6. The molecule has 8 heteroatoms. The van der Waals surface area contributed by atoms with Gasteiger partial charge >= 0.3 is 0 Å². The molecule has 2 aliphatic heterocycles. The largest absolute Gasteiger partial charge is 0.381 e. The first-order chi connectivity index (χ1) is 15.7. The molecule has 2 aliphatic rings. The van der Waals surface area contributed by atoms with Crippen molar-refractivity contribution in [2.75, 3.05) is 31.6 Å². The molecule has 8 nitrogen and oxygen atoms in total. The van der Waals surface area contributed by atoms with Crippen molar-refractivity contribution in [2.24, 2.45) is 13.0 Å². The lowest BCUT2D eigenvalue weighted by molar-refractivity contribution is -0.122. The van der Waals surface area contributed by atoms with E-state index in [2.05, 4.69) is 26.4 Å². The Morgan fingerprint density at radius 3 is 2.66 bits per heavy atom. The van der Waals surface area contributed by atoms with Gasteiger partial charge in [-0.2, -0.15) is 5.10 Å². The van der Waals surface area contributed by atoms with Gasteiger partial charge < -0.3 is 10.1 Å². The van der Waals surface area contributed by atoms with Gasteiger partial charge in [0.05, 0.1) is 17.6 Å². The van der Waals surface area contributed by atoms with E-state index in [1.54, 1.807) is 6.20 Å². The number of fused-ring (bicyclic) bond motifs is 1. The second-order valence-electron chi connectivity index (χ2n) is 8.83. The van der Waals surface area contributed by atoms with E-state index in [0.717, 1.165) is 54.5 Å². The number of hydrogen-bond donors (Lipinski definition) is 1. The third kappa shape index (κ3) is 4.52. The number of carbonyl (C=O) groups is 1. The van der Waals surface area contributed by atoms with Crippen LogP contribution in [-0.2, 0) is 23.1 Å². The van der Waals surface area contributed by atoms with E-state index in [4.69, 9.17) is 9.72 Å². The van der Waals surface area contributed by atoms with Crippen molar-refractivity contribution in [3.63, 3.8) is 0 Å². The Bertz CT molecular complexity index is 1100. The minimum atomic E-state index is -0.0120. The fourth-order valence-electron chi connectivity index (χ4n) is 4.64. The van der Waals surface area contributed by atoms with Crippen LogP contribution in [0.4, 0.5) is 5.82 Å². The van der Waals surface area contributed by atoms with Crippen molar-refractivity contribution in [2.45, 2.75) is 38.6 Å². The Morgan fingerprint density at radius 1 is 1.06 bits per heavy atom. The van der Waals surface area contributed by atoms with Crippen LogP contribution in [0.1, 0.15) is 37.8 Å². The highest BCUT2D eigenvalue weighted by molar-refractivity contribution is 5.94. The molecule has 5 rings (SSSR count). The molecule has 0 saturated carbocycles. The predicted molar refractivity (Wildman–Crippen MR) is 123 cm³/mol. The average Bonchev–Trinajstić information content (AvgIpc) is 3.19. The fraction of sp³-hybridized carbons (Fsp3) is 0.500. The number of nitrogens with zero attached hydrogens (tertiary/aromatic N) is 5. The number of aromatic nitrogens is 4. The number of rotatable bonds is 5. The van der Waals surface area contributed by atoms with E-state index < -0.39 is 0 Å². The van der Waals surface area contributed by atoms with Crippen LogP contribution >= 0.6 is 0 Å². The highest BCUT2D eigenvalue weighted by atomic mass is 16.5. The number of amides is 1. The molecule has 5 heterocycles. The van der Waals surface area contributed by atoms with E-state index >= 15 is 0 Å². The summed E-state index contributed by atoms with van der Waals surface area (Å²) >= 11 is 0. The fourth-order valence-corrected chi connectivity index (χ4v) is 4.64. The number of piperidine rings is 1. The van der Waals surface area contributed by atoms with Crippen LogP contribution in [0.5, 0.6) is 0 Å². The summed E-state index contributed by atoms with van der Waals surface area (Å²) in [6.45, 7) is 4.44. The van der Waals surface area contributed by atoms with Gasteiger partial charge in [0.2, 0.25) is 5.91 Å². The maximum Gasteiger partial charge on any atom is 0.228 e. The summed E-state index contributed by atoms with van der Waals surface area (Å²) in [5.74, 6) is 0.582. The number of aryl methyl sites for hydroxylation is 1. The average molecular weight is 435 g/mol. The molecule has 0 aromatic carbocycles. The van der Waals surface area contributed by atoms with Gasteiger partial charge in [-0.15, -0.1) is 0 Å². The second-order valence-corrected chi connectivity index (χ2v) is 8.83. The number of carbonyl (C=O) groups excluding carboxylic acids is 1. The molecule has 2 saturated heterocycles. The lowest BCUT2D eigenvalue weighted by Gasteiger charge is -2.26. The highest BCUT2D eigenvalue weighted by Gasteiger charge is 2.22. The maximum absolute atomic E-state index is 12.6. The lowest BCUT2D eigenvalue weighted by Crippen LogP contribution is -2.30. The highest BCUT2D eigenvalue weighted by Crippen LogP contribution is 2.27. The number of pyridine rings is 2. The molecule has 1 N–H and O–H groups in total. The molecule has 1 amide bonds. The van der Waals surface area contributed by atoms with Crippen LogP contribution in [0.2, 0.25) is 0 Å². The summed E-state index contributed by atoms with van der Waals surface area (Å²) in [5, 5.41) is 9.45. The minimum absolute atomic E-state index is 0.0120. The molecule has 0 atom stereocenters. The van der Waals surface area contributed by atoms with Gasteiger partial charge in [-0.25, -0.2) is 4.98 Å². The first kappa shape index (κ1) is 21.0. The van der Waals surface area contributed by atoms with E-state index in [1.165, 1.54) is 25.0 Å². The third-order valence-electron chi connectivity index (χ3n) is 6.61. The van der Waals surface area contributed by atoms with Crippen molar-refractivity contribution >= 4 is 22.5 Å². The summed E-state index contributed by atoms with van der Waals surface area (Å²) in [7, 11) is 2.00. The molecule has 0 aliphatic carbocycles. The van der Waals surface area contributed by atoms with Gasteiger partial charge in [0.1, 0.15) is 5.82 Å². The summed E-state index contributed by atoms with van der Waals surface area (Å²) < 4.78 is 7.32. The van der Waals surface area contributed by atoms with Crippen LogP contribution in [0.25, 0.3) is 22.0 Å². The molecular weight excluding hydrogens is 404 g/mol. The van der Waals surface area contributed by atoms with Crippen LogP contribution < -0.4 is 5.32 Å². The van der Waals surface area contributed by atoms with Gasteiger partial charge in [-0.3, -0.25) is 19.4 Å². The third-order valence-corrected chi connectivity index (χ3v) is 6.61. The molecule has 32 heavy (non-hydrogen) atoms. The minimum Gasteiger partial charge on any atom is -0.381 e. The standard InChI is InChI=1S/C24H30N6O2/c1-29-22(16-30-7-3-2-4-8-30)20(15-27-29)21-11-18-12-23(26-14-19(18)13-25-21)28-24(31)17-5-9-32-10-6-17/h11-15,17H,2-10,16H2,1H3,(H,26,28,31).